The molecule has 0 saturated carbocycles. The molecule has 2 aliphatic rings. The Hall–Kier alpha value is -2.31. The first-order chi connectivity index (χ1) is 13.1. The van der Waals surface area contributed by atoms with Gasteiger partial charge in [0.1, 0.15) is 5.75 Å². The van der Waals surface area contributed by atoms with Gasteiger partial charge in [-0.2, -0.15) is 0 Å². The summed E-state index contributed by atoms with van der Waals surface area (Å²) in [7, 11) is -1.93. The predicted octanol–water partition coefficient (Wildman–Crippen LogP) is 3.68. The lowest BCUT2D eigenvalue weighted by Crippen LogP contribution is -2.19. The molecular weight excluding hydrogens is 360 g/mol. The predicted molar refractivity (Wildman–Crippen MR) is 106 cm³/mol. The van der Waals surface area contributed by atoms with Gasteiger partial charge in [-0.15, -0.1) is 0 Å². The fourth-order valence-electron chi connectivity index (χ4n) is 4.65. The van der Waals surface area contributed by atoms with Crippen LogP contribution in [0.1, 0.15) is 24.8 Å². The number of nitrogens with zero attached hydrogens (tertiary/aromatic N) is 2. The molecule has 3 heterocycles. The average molecular weight is 382 g/mol. The topological polar surface area (TPSA) is 51.5 Å². The van der Waals surface area contributed by atoms with Crippen LogP contribution in [0.2, 0.25) is 0 Å². The molecule has 27 heavy (non-hydrogen) atoms. The number of benzene rings is 2. The van der Waals surface area contributed by atoms with Gasteiger partial charge >= 0.3 is 0 Å². The zero-order valence-corrected chi connectivity index (χ0v) is 16.3. The van der Waals surface area contributed by atoms with Gasteiger partial charge in [-0.3, -0.25) is 0 Å². The van der Waals surface area contributed by atoms with Gasteiger partial charge in [0.2, 0.25) is 0 Å². The van der Waals surface area contributed by atoms with Gasteiger partial charge in [0.05, 0.1) is 23.2 Å². The average Bonchev–Trinajstić information content (AvgIpc) is 3.34. The number of aromatic nitrogens is 1. The molecule has 2 aromatic carbocycles. The molecule has 1 aromatic heterocycles. The molecule has 5 rings (SSSR count). The Kier molecular flexibility index (Phi) is 3.64. The summed E-state index contributed by atoms with van der Waals surface area (Å²) in [6.45, 7) is 5.20. The third-order valence-corrected chi connectivity index (χ3v) is 7.73. The molecule has 0 N–H and O–H groups in total. The van der Waals surface area contributed by atoms with Crippen LogP contribution >= 0.6 is 0 Å². The lowest BCUT2D eigenvalue weighted by atomic mass is 9.92. The molecule has 1 fully saturated rings. The molecule has 0 radical (unpaired) electrons. The number of ether oxygens (including phenoxy) is 1. The van der Waals surface area contributed by atoms with Crippen LogP contribution in [0.15, 0.2) is 47.4 Å². The summed E-state index contributed by atoms with van der Waals surface area (Å²) >= 11 is 0. The van der Waals surface area contributed by atoms with Crippen LogP contribution in [0.5, 0.6) is 5.75 Å². The second-order valence-electron chi connectivity index (χ2n) is 7.29. The molecule has 0 spiro atoms. The van der Waals surface area contributed by atoms with Crippen molar-refractivity contribution in [1.29, 1.82) is 0 Å². The smallest absolute Gasteiger partial charge is 0.269 e. The molecule has 0 bridgehead atoms. The number of rotatable bonds is 3. The quantitative estimate of drug-likeness (QED) is 0.542. The van der Waals surface area contributed by atoms with Gasteiger partial charge in [0, 0.05) is 23.4 Å². The van der Waals surface area contributed by atoms with E-state index in [4.69, 9.17) is 4.74 Å². The van der Waals surface area contributed by atoms with Crippen molar-refractivity contribution < 1.29 is 13.2 Å². The van der Waals surface area contributed by atoms with Gasteiger partial charge in [-0.25, -0.2) is 12.4 Å². The van der Waals surface area contributed by atoms with Crippen LogP contribution in [-0.4, -0.2) is 44.0 Å². The summed E-state index contributed by atoms with van der Waals surface area (Å²) in [5.74, 6) is 1.07. The van der Waals surface area contributed by atoms with Crippen LogP contribution in [-0.2, 0) is 10.0 Å². The Morgan fingerprint density at radius 2 is 2.00 bits per heavy atom. The summed E-state index contributed by atoms with van der Waals surface area (Å²) in [5.41, 5.74) is 3.55. The molecule has 0 amide bonds. The highest BCUT2D eigenvalue weighted by Crippen LogP contribution is 2.49. The van der Waals surface area contributed by atoms with Crippen molar-refractivity contribution in [3.8, 4) is 17.0 Å². The highest BCUT2D eigenvalue weighted by molar-refractivity contribution is 7.90. The van der Waals surface area contributed by atoms with Crippen molar-refractivity contribution in [3.05, 3.63) is 48.0 Å². The van der Waals surface area contributed by atoms with E-state index < -0.39 is 10.0 Å². The Bertz CT molecular complexity index is 1160. The normalized spacial score (nSPS) is 20.7. The SMILES string of the molecule is CCN1CC[C@H](c2c3n(c4ccc(OC)cc24)S(=O)(=O)c2ccccc2-3)C1. The van der Waals surface area contributed by atoms with E-state index in [1.165, 1.54) is 0 Å². The van der Waals surface area contributed by atoms with Gasteiger partial charge in [-0.05, 0) is 49.3 Å². The number of likely N-dealkylation sites (N-methyl/N-ethyl adjacent to an activating group) is 1. The van der Waals surface area contributed by atoms with Crippen molar-refractivity contribution in [2.75, 3.05) is 26.7 Å². The molecule has 140 valence electrons. The molecule has 0 unspecified atom stereocenters. The zero-order valence-electron chi connectivity index (χ0n) is 15.5. The number of hydrogen-bond acceptors (Lipinski definition) is 4. The van der Waals surface area contributed by atoms with E-state index >= 15 is 0 Å². The third-order valence-electron chi connectivity index (χ3n) is 5.96. The lowest BCUT2D eigenvalue weighted by molar-refractivity contribution is 0.354. The standard InChI is InChI=1S/C21H22N2O3S/c1-3-22-11-10-14(13-22)20-17-12-15(26-2)8-9-18(17)23-21(20)16-6-4-5-7-19(16)27(23,24)25/h4-9,12,14H,3,10-11,13H2,1-2H3/t14-/m0/s1. The van der Waals surface area contributed by atoms with Gasteiger partial charge < -0.3 is 9.64 Å². The second kappa shape index (κ2) is 5.84. The summed E-state index contributed by atoms with van der Waals surface area (Å²) in [6.07, 6.45) is 1.04. The molecular formula is C21H22N2O3S. The van der Waals surface area contributed by atoms with E-state index in [9.17, 15) is 8.42 Å². The van der Waals surface area contributed by atoms with Crippen molar-refractivity contribution >= 4 is 20.9 Å². The number of methoxy groups -OCH3 is 1. The van der Waals surface area contributed by atoms with Crippen LogP contribution in [0.3, 0.4) is 0 Å². The van der Waals surface area contributed by atoms with Crippen molar-refractivity contribution in [3.63, 3.8) is 0 Å². The van der Waals surface area contributed by atoms with Crippen LogP contribution < -0.4 is 4.74 Å². The van der Waals surface area contributed by atoms with Crippen molar-refractivity contribution in [2.45, 2.75) is 24.2 Å². The maximum Gasteiger partial charge on any atom is 0.269 e. The molecule has 1 saturated heterocycles. The Morgan fingerprint density at radius 3 is 2.74 bits per heavy atom. The molecule has 0 aliphatic carbocycles. The Morgan fingerprint density at radius 1 is 1.19 bits per heavy atom. The van der Waals surface area contributed by atoms with Gasteiger partial charge in [0.15, 0.2) is 0 Å². The molecule has 5 nitrogen and oxygen atoms in total. The molecule has 2 aliphatic heterocycles. The highest BCUT2D eigenvalue weighted by Gasteiger charge is 2.39. The minimum absolute atomic E-state index is 0.317. The minimum atomic E-state index is -3.58. The van der Waals surface area contributed by atoms with E-state index in [1.807, 2.05) is 30.3 Å². The lowest BCUT2D eigenvalue weighted by Gasteiger charge is -2.14. The highest BCUT2D eigenvalue weighted by atomic mass is 32.2. The van der Waals surface area contributed by atoms with E-state index in [0.29, 0.717) is 10.8 Å². The maximum atomic E-state index is 13.3. The van der Waals surface area contributed by atoms with Gasteiger partial charge in [-0.1, -0.05) is 25.1 Å². The summed E-state index contributed by atoms with van der Waals surface area (Å²) in [6, 6.07) is 13.0. The zero-order chi connectivity index (χ0) is 18.8. The summed E-state index contributed by atoms with van der Waals surface area (Å²) in [5, 5.41) is 0.991. The Labute approximate surface area is 159 Å². The minimum Gasteiger partial charge on any atom is -0.497 e. The van der Waals surface area contributed by atoms with Crippen LogP contribution in [0, 0.1) is 0 Å². The van der Waals surface area contributed by atoms with Crippen molar-refractivity contribution in [1.82, 2.24) is 8.87 Å². The third kappa shape index (κ3) is 2.23. The number of fused-ring (bicyclic) bond motifs is 5. The first-order valence-electron chi connectivity index (χ1n) is 9.36. The Balaban J connectivity index is 1.87. The summed E-state index contributed by atoms with van der Waals surface area (Å²) < 4.78 is 33.6. The first kappa shape index (κ1) is 16.8. The van der Waals surface area contributed by atoms with E-state index in [1.54, 1.807) is 23.2 Å². The first-order valence-corrected chi connectivity index (χ1v) is 10.8. The maximum absolute atomic E-state index is 13.3. The molecule has 3 aromatic rings. The van der Waals surface area contributed by atoms with Crippen LogP contribution in [0.25, 0.3) is 22.2 Å². The van der Waals surface area contributed by atoms with E-state index in [0.717, 1.165) is 59.5 Å². The fourth-order valence-corrected chi connectivity index (χ4v) is 6.40. The fraction of sp³-hybridized carbons (Fsp3) is 0.333. The molecule has 1 atom stereocenters. The van der Waals surface area contributed by atoms with E-state index in [2.05, 4.69) is 11.8 Å². The van der Waals surface area contributed by atoms with Crippen LogP contribution in [0.4, 0.5) is 0 Å². The second-order valence-corrected chi connectivity index (χ2v) is 9.04. The number of likely N-dealkylation sites (tertiary alicyclic amines) is 1. The summed E-state index contributed by atoms with van der Waals surface area (Å²) in [4.78, 5) is 2.83. The largest absolute Gasteiger partial charge is 0.497 e. The molecule has 6 heteroatoms. The monoisotopic (exact) mass is 382 g/mol. The van der Waals surface area contributed by atoms with Gasteiger partial charge in [0.25, 0.3) is 10.0 Å². The number of hydrogen-bond donors (Lipinski definition) is 0. The van der Waals surface area contributed by atoms with E-state index in [-0.39, 0.29) is 0 Å². The van der Waals surface area contributed by atoms with Crippen molar-refractivity contribution in [2.24, 2.45) is 0 Å².